The monoisotopic (exact) mass is 365 g/mol. The Hall–Kier alpha value is -3.68. The molecule has 3 aromatic rings. The van der Waals surface area contributed by atoms with Crippen LogP contribution in [0.4, 0.5) is 11.6 Å². The molecule has 0 bridgehead atoms. The van der Waals surface area contributed by atoms with E-state index in [-0.39, 0.29) is 5.91 Å². The van der Waals surface area contributed by atoms with Crippen LogP contribution in [-0.2, 0) is 6.54 Å². The van der Waals surface area contributed by atoms with E-state index >= 15 is 0 Å². The lowest BCUT2D eigenvalue weighted by Gasteiger charge is -2.11. The molecule has 2 heterocycles. The Morgan fingerprint density at radius 2 is 1.89 bits per heavy atom. The Kier molecular flexibility index (Phi) is 5.78. The van der Waals surface area contributed by atoms with Gasteiger partial charge in [-0.3, -0.25) is 9.78 Å². The van der Waals surface area contributed by atoms with E-state index < -0.39 is 0 Å². The van der Waals surface area contributed by atoms with Gasteiger partial charge in [0, 0.05) is 37.4 Å². The summed E-state index contributed by atoms with van der Waals surface area (Å²) in [5.41, 5.74) is 1.93. The third-order valence-corrected chi connectivity index (χ3v) is 3.74. The van der Waals surface area contributed by atoms with E-state index in [1.165, 1.54) is 12.4 Å². The lowest BCUT2D eigenvalue weighted by molar-refractivity contribution is 0.0950. The Balaban J connectivity index is 1.66. The maximum atomic E-state index is 12.2. The highest BCUT2D eigenvalue weighted by molar-refractivity contribution is 5.93. The first-order valence-electron chi connectivity index (χ1n) is 8.18. The van der Waals surface area contributed by atoms with Crippen molar-refractivity contribution in [3.05, 3.63) is 66.2 Å². The summed E-state index contributed by atoms with van der Waals surface area (Å²) in [6.07, 6.45) is 6.30. The number of amides is 1. The maximum absolute atomic E-state index is 12.2. The molecule has 0 aliphatic carbocycles. The summed E-state index contributed by atoms with van der Waals surface area (Å²) in [6.45, 7) is 0.383. The molecular formula is C19H19N5O3. The lowest BCUT2D eigenvalue weighted by Crippen LogP contribution is -2.23. The van der Waals surface area contributed by atoms with Gasteiger partial charge in [0.15, 0.2) is 0 Å². The molecule has 8 nitrogen and oxygen atoms in total. The second kappa shape index (κ2) is 8.61. The number of hydrogen-bond acceptors (Lipinski definition) is 7. The molecule has 1 amide bonds. The van der Waals surface area contributed by atoms with Crippen molar-refractivity contribution in [1.82, 2.24) is 20.3 Å². The molecule has 0 radical (unpaired) electrons. The minimum Gasteiger partial charge on any atom is -0.497 e. The van der Waals surface area contributed by atoms with E-state index in [0.29, 0.717) is 35.2 Å². The number of nitrogens with one attached hydrogen (secondary N) is 2. The number of anilines is 2. The summed E-state index contributed by atoms with van der Waals surface area (Å²) in [7, 11) is 3.16. The summed E-state index contributed by atoms with van der Waals surface area (Å²) >= 11 is 0. The minimum absolute atomic E-state index is 0.260. The largest absolute Gasteiger partial charge is 0.497 e. The van der Waals surface area contributed by atoms with Gasteiger partial charge in [0.25, 0.3) is 5.91 Å². The number of methoxy groups -OCH3 is 2. The molecule has 0 atom stereocenters. The topological polar surface area (TPSA) is 98.3 Å². The first-order valence-corrected chi connectivity index (χ1v) is 8.18. The normalized spacial score (nSPS) is 10.1. The third-order valence-electron chi connectivity index (χ3n) is 3.74. The van der Waals surface area contributed by atoms with Crippen LogP contribution in [0.5, 0.6) is 11.5 Å². The number of ether oxygens (including phenoxy) is 2. The molecule has 2 N–H and O–H groups in total. The molecule has 1 aromatic carbocycles. The van der Waals surface area contributed by atoms with Crippen LogP contribution in [0.2, 0.25) is 0 Å². The second-order valence-corrected chi connectivity index (χ2v) is 5.53. The average molecular weight is 365 g/mol. The highest BCUT2D eigenvalue weighted by Gasteiger charge is 2.10. The summed E-state index contributed by atoms with van der Waals surface area (Å²) in [5.74, 6) is 1.37. The van der Waals surface area contributed by atoms with Crippen molar-refractivity contribution in [1.29, 1.82) is 0 Å². The fourth-order valence-electron chi connectivity index (χ4n) is 2.33. The van der Waals surface area contributed by atoms with Gasteiger partial charge in [0.05, 0.1) is 25.5 Å². The molecule has 8 heteroatoms. The number of pyridine rings is 1. The lowest BCUT2D eigenvalue weighted by atomic mass is 10.2. The summed E-state index contributed by atoms with van der Waals surface area (Å²) in [4.78, 5) is 24.6. The van der Waals surface area contributed by atoms with Crippen LogP contribution in [-0.4, -0.2) is 35.1 Å². The van der Waals surface area contributed by atoms with Crippen molar-refractivity contribution in [3.63, 3.8) is 0 Å². The highest BCUT2D eigenvalue weighted by Crippen LogP contribution is 2.30. The molecule has 0 aliphatic rings. The predicted molar refractivity (Wildman–Crippen MR) is 100 cm³/mol. The van der Waals surface area contributed by atoms with Crippen LogP contribution < -0.4 is 20.1 Å². The zero-order valence-electron chi connectivity index (χ0n) is 15.0. The molecule has 2 aromatic heterocycles. The molecule has 27 heavy (non-hydrogen) atoms. The van der Waals surface area contributed by atoms with Crippen LogP contribution >= 0.6 is 0 Å². The fraction of sp³-hybridized carbons (Fsp3) is 0.158. The van der Waals surface area contributed by atoms with Crippen LogP contribution in [0.25, 0.3) is 0 Å². The van der Waals surface area contributed by atoms with Crippen molar-refractivity contribution in [3.8, 4) is 11.5 Å². The van der Waals surface area contributed by atoms with Crippen LogP contribution in [0.15, 0.2) is 55.1 Å². The Morgan fingerprint density at radius 1 is 1.07 bits per heavy atom. The van der Waals surface area contributed by atoms with E-state index in [9.17, 15) is 4.79 Å². The van der Waals surface area contributed by atoms with Gasteiger partial charge >= 0.3 is 0 Å². The zero-order chi connectivity index (χ0) is 19.1. The van der Waals surface area contributed by atoms with Crippen LogP contribution in [0.1, 0.15) is 15.9 Å². The number of carbonyl (C=O) groups is 1. The molecule has 0 saturated carbocycles. The third kappa shape index (κ3) is 4.69. The molecule has 138 valence electrons. The van der Waals surface area contributed by atoms with E-state index in [0.717, 1.165) is 5.56 Å². The summed E-state index contributed by atoms with van der Waals surface area (Å²) in [6, 6.07) is 9.05. The number of nitrogens with zero attached hydrogens (tertiary/aromatic N) is 3. The van der Waals surface area contributed by atoms with Crippen molar-refractivity contribution in [2.75, 3.05) is 19.5 Å². The smallest absolute Gasteiger partial charge is 0.254 e. The van der Waals surface area contributed by atoms with E-state index in [1.807, 2.05) is 12.1 Å². The number of aromatic nitrogens is 3. The standard InChI is InChI=1S/C19H19N5O3/c1-26-15-5-6-17(27-2)16(8-15)24-19-22-11-14(12-23-19)18(25)21-10-13-4-3-7-20-9-13/h3-9,11-12H,10H2,1-2H3,(H,21,25)(H,22,23,24). The van der Waals surface area contributed by atoms with Crippen LogP contribution in [0.3, 0.4) is 0 Å². The number of rotatable bonds is 7. The second-order valence-electron chi connectivity index (χ2n) is 5.53. The molecule has 0 aliphatic heterocycles. The van der Waals surface area contributed by atoms with Crippen LogP contribution in [0, 0.1) is 0 Å². The predicted octanol–water partition coefficient (Wildman–Crippen LogP) is 2.56. The zero-order valence-corrected chi connectivity index (χ0v) is 15.0. The van der Waals surface area contributed by atoms with Gasteiger partial charge in [-0.15, -0.1) is 0 Å². The SMILES string of the molecule is COc1ccc(OC)c(Nc2ncc(C(=O)NCc3cccnc3)cn2)c1. The number of carbonyl (C=O) groups excluding carboxylic acids is 1. The van der Waals surface area contributed by atoms with Crippen molar-refractivity contribution in [2.24, 2.45) is 0 Å². The van der Waals surface area contributed by atoms with Gasteiger partial charge in [-0.25, -0.2) is 9.97 Å². The van der Waals surface area contributed by atoms with Crippen molar-refractivity contribution >= 4 is 17.5 Å². The van der Waals surface area contributed by atoms with Gasteiger partial charge in [0.2, 0.25) is 5.95 Å². The van der Waals surface area contributed by atoms with Crippen molar-refractivity contribution < 1.29 is 14.3 Å². The van der Waals surface area contributed by atoms with Gasteiger partial charge in [0.1, 0.15) is 11.5 Å². The quantitative estimate of drug-likeness (QED) is 0.664. The van der Waals surface area contributed by atoms with E-state index in [2.05, 4.69) is 25.6 Å². The van der Waals surface area contributed by atoms with Gasteiger partial charge in [-0.1, -0.05) is 6.07 Å². The highest BCUT2D eigenvalue weighted by atomic mass is 16.5. The molecule has 3 rings (SSSR count). The Morgan fingerprint density at radius 3 is 2.56 bits per heavy atom. The summed E-state index contributed by atoms with van der Waals surface area (Å²) < 4.78 is 10.5. The molecular weight excluding hydrogens is 346 g/mol. The number of benzene rings is 1. The van der Waals surface area contributed by atoms with E-state index in [1.54, 1.807) is 44.8 Å². The van der Waals surface area contributed by atoms with Gasteiger partial charge in [-0.2, -0.15) is 0 Å². The molecule has 0 fully saturated rings. The Bertz CT molecular complexity index is 901. The van der Waals surface area contributed by atoms with Crippen molar-refractivity contribution in [2.45, 2.75) is 6.54 Å². The Labute approximate surface area is 156 Å². The van der Waals surface area contributed by atoms with Gasteiger partial charge in [-0.05, 0) is 23.8 Å². The first-order chi connectivity index (χ1) is 13.2. The number of hydrogen-bond donors (Lipinski definition) is 2. The average Bonchev–Trinajstić information content (AvgIpc) is 2.73. The van der Waals surface area contributed by atoms with E-state index in [4.69, 9.17) is 9.47 Å². The fourth-order valence-corrected chi connectivity index (χ4v) is 2.33. The minimum atomic E-state index is -0.260. The van der Waals surface area contributed by atoms with Gasteiger partial charge < -0.3 is 20.1 Å². The first kappa shape index (κ1) is 18.1. The molecule has 0 saturated heterocycles. The molecule has 0 spiro atoms. The summed E-state index contributed by atoms with van der Waals surface area (Å²) in [5, 5.41) is 5.86. The molecule has 0 unspecified atom stereocenters. The maximum Gasteiger partial charge on any atom is 0.254 e.